The number of ether oxygens (including phenoxy) is 1. The molecule has 2 N–H and O–H groups in total. The zero-order valence-corrected chi connectivity index (χ0v) is 15.4. The highest BCUT2D eigenvalue weighted by molar-refractivity contribution is 5.90. The first kappa shape index (κ1) is 19.3. The van der Waals surface area contributed by atoms with Gasteiger partial charge in [-0.3, -0.25) is 4.79 Å². The molecule has 138 valence electrons. The lowest BCUT2D eigenvalue weighted by molar-refractivity contribution is -0.121. The van der Waals surface area contributed by atoms with E-state index in [9.17, 15) is 9.59 Å². The van der Waals surface area contributed by atoms with Crippen LogP contribution >= 0.6 is 0 Å². The number of benzene rings is 2. The van der Waals surface area contributed by atoms with Gasteiger partial charge < -0.3 is 20.3 Å². The van der Waals surface area contributed by atoms with Crippen molar-refractivity contribution < 1.29 is 14.3 Å². The Bertz CT molecular complexity index is 734. The molecule has 0 radical (unpaired) electrons. The number of nitrogens with one attached hydrogen (secondary N) is 2. The minimum Gasteiger partial charge on any atom is -0.489 e. The molecule has 0 aliphatic rings. The molecule has 0 saturated heterocycles. The molecule has 2 aromatic carbocycles. The predicted molar refractivity (Wildman–Crippen MR) is 102 cm³/mol. The average molecular weight is 355 g/mol. The van der Waals surface area contributed by atoms with E-state index in [0.717, 1.165) is 5.56 Å². The van der Waals surface area contributed by atoms with E-state index in [1.165, 1.54) is 4.90 Å². The first-order valence-electron chi connectivity index (χ1n) is 8.50. The van der Waals surface area contributed by atoms with Crippen LogP contribution in [0.25, 0.3) is 0 Å². The highest BCUT2D eigenvalue weighted by Crippen LogP contribution is 2.19. The fourth-order valence-corrected chi connectivity index (χ4v) is 2.32. The number of anilines is 1. The molecule has 0 aromatic heterocycles. The summed E-state index contributed by atoms with van der Waals surface area (Å²) in [5, 5.41) is 5.39. The number of hydrogen-bond donors (Lipinski definition) is 2. The quantitative estimate of drug-likeness (QED) is 0.801. The molecule has 0 fully saturated rings. The number of rotatable bonds is 7. The van der Waals surface area contributed by atoms with Gasteiger partial charge in [0, 0.05) is 38.3 Å². The van der Waals surface area contributed by atoms with Gasteiger partial charge in [0.25, 0.3) is 0 Å². The van der Waals surface area contributed by atoms with E-state index in [0.29, 0.717) is 18.0 Å². The van der Waals surface area contributed by atoms with Crippen molar-refractivity contribution in [3.8, 4) is 5.75 Å². The Labute approximate surface area is 154 Å². The van der Waals surface area contributed by atoms with Crippen LogP contribution in [0.1, 0.15) is 18.9 Å². The van der Waals surface area contributed by atoms with E-state index >= 15 is 0 Å². The van der Waals surface area contributed by atoms with Crippen molar-refractivity contribution in [2.75, 3.05) is 19.4 Å². The lowest BCUT2D eigenvalue weighted by Crippen LogP contribution is -2.40. The molecule has 2 rings (SSSR count). The van der Waals surface area contributed by atoms with E-state index in [2.05, 4.69) is 10.6 Å². The van der Waals surface area contributed by atoms with Gasteiger partial charge in [-0.1, -0.05) is 36.4 Å². The Morgan fingerprint density at radius 2 is 1.85 bits per heavy atom. The van der Waals surface area contributed by atoms with Gasteiger partial charge in [-0.15, -0.1) is 0 Å². The Balaban J connectivity index is 1.92. The van der Waals surface area contributed by atoms with E-state index in [1.807, 2.05) is 49.4 Å². The zero-order valence-electron chi connectivity index (χ0n) is 15.4. The van der Waals surface area contributed by atoms with Gasteiger partial charge in [0.15, 0.2) is 0 Å². The maximum atomic E-state index is 12.4. The van der Waals surface area contributed by atoms with Crippen molar-refractivity contribution in [3.05, 3.63) is 60.2 Å². The molecule has 26 heavy (non-hydrogen) atoms. The minimum absolute atomic E-state index is 0.103. The third-order valence-electron chi connectivity index (χ3n) is 4.07. The van der Waals surface area contributed by atoms with Crippen LogP contribution in [0.4, 0.5) is 10.5 Å². The molecule has 6 nitrogen and oxygen atoms in total. The summed E-state index contributed by atoms with van der Waals surface area (Å²) < 4.78 is 5.77. The number of carbonyl (C=O) groups excluding carboxylic acids is 2. The number of hydrogen-bond acceptors (Lipinski definition) is 3. The summed E-state index contributed by atoms with van der Waals surface area (Å²) in [7, 11) is 3.24. The molecule has 0 unspecified atom stereocenters. The van der Waals surface area contributed by atoms with E-state index in [-0.39, 0.29) is 24.4 Å². The SMILES string of the molecule is CNC(=O)C[C@@H](C)N(C)C(=O)Nc1cccc(OCc2ccccc2)c1. The summed E-state index contributed by atoms with van der Waals surface area (Å²) in [4.78, 5) is 25.3. The number of amides is 3. The summed E-state index contributed by atoms with van der Waals surface area (Å²) in [6.45, 7) is 2.29. The van der Waals surface area contributed by atoms with Crippen LogP contribution in [-0.2, 0) is 11.4 Å². The van der Waals surface area contributed by atoms with Crippen LogP contribution in [-0.4, -0.2) is 37.0 Å². The van der Waals surface area contributed by atoms with E-state index < -0.39 is 0 Å². The van der Waals surface area contributed by atoms with Gasteiger partial charge in [0.05, 0.1) is 0 Å². The van der Waals surface area contributed by atoms with Gasteiger partial charge in [-0.2, -0.15) is 0 Å². The van der Waals surface area contributed by atoms with E-state index in [1.54, 1.807) is 26.2 Å². The Hall–Kier alpha value is -3.02. The lowest BCUT2D eigenvalue weighted by atomic mass is 10.2. The standard InChI is InChI=1S/C20H25N3O3/c1-15(12-19(24)21-2)23(3)20(25)22-17-10-7-11-18(13-17)26-14-16-8-5-4-6-9-16/h4-11,13,15H,12,14H2,1-3H3,(H,21,24)(H,22,25)/t15-/m1/s1. The molecule has 3 amide bonds. The molecule has 0 saturated carbocycles. The second kappa shape index (κ2) is 9.46. The predicted octanol–water partition coefficient (Wildman–Crippen LogP) is 3.25. The van der Waals surface area contributed by atoms with Crippen LogP contribution in [0.15, 0.2) is 54.6 Å². The third-order valence-corrected chi connectivity index (χ3v) is 4.07. The van der Waals surface area contributed by atoms with Crippen molar-refractivity contribution in [3.63, 3.8) is 0 Å². The van der Waals surface area contributed by atoms with Crippen molar-refractivity contribution >= 4 is 17.6 Å². The van der Waals surface area contributed by atoms with Crippen LogP contribution < -0.4 is 15.4 Å². The van der Waals surface area contributed by atoms with Crippen molar-refractivity contribution in [1.29, 1.82) is 0 Å². The van der Waals surface area contributed by atoms with Crippen LogP contribution in [0.5, 0.6) is 5.75 Å². The summed E-state index contributed by atoms with van der Waals surface area (Å²) in [5.41, 5.74) is 1.71. The van der Waals surface area contributed by atoms with Crippen molar-refractivity contribution in [2.24, 2.45) is 0 Å². The topological polar surface area (TPSA) is 70.7 Å². The molecule has 2 aromatic rings. The number of urea groups is 1. The molecular weight excluding hydrogens is 330 g/mol. The summed E-state index contributed by atoms with van der Waals surface area (Å²) in [6, 6.07) is 16.6. The smallest absolute Gasteiger partial charge is 0.321 e. The highest BCUT2D eigenvalue weighted by Gasteiger charge is 2.18. The molecule has 0 spiro atoms. The third kappa shape index (κ3) is 5.81. The molecule has 0 aliphatic heterocycles. The van der Waals surface area contributed by atoms with Gasteiger partial charge in [-0.25, -0.2) is 4.79 Å². The summed E-state index contributed by atoms with van der Waals surface area (Å²) >= 11 is 0. The van der Waals surface area contributed by atoms with Crippen LogP contribution in [0.2, 0.25) is 0 Å². The second-order valence-corrected chi connectivity index (χ2v) is 6.07. The molecule has 0 bridgehead atoms. The molecule has 0 heterocycles. The first-order chi connectivity index (χ1) is 12.5. The Morgan fingerprint density at radius 3 is 2.54 bits per heavy atom. The highest BCUT2D eigenvalue weighted by atomic mass is 16.5. The van der Waals surface area contributed by atoms with E-state index in [4.69, 9.17) is 4.74 Å². The maximum Gasteiger partial charge on any atom is 0.321 e. The molecule has 0 aliphatic carbocycles. The van der Waals surface area contributed by atoms with Gasteiger partial charge in [-0.05, 0) is 24.6 Å². The van der Waals surface area contributed by atoms with Gasteiger partial charge in [0.2, 0.25) is 5.91 Å². The van der Waals surface area contributed by atoms with Crippen LogP contribution in [0.3, 0.4) is 0 Å². The largest absolute Gasteiger partial charge is 0.489 e. The first-order valence-corrected chi connectivity index (χ1v) is 8.50. The summed E-state index contributed by atoms with van der Waals surface area (Å²) in [5.74, 6) is 0.571. The number of carbonyl (C=O) groups is 2. The monoisotopic (exact) mass is 355 g/mol. The number of nitrogens with zero attached hydrogens (tertiary/aromatic N) is 1. The van der Waals surface area contributed by atoms with Gasteiger partial charge in [0.1, 0.15) is 12.4 Å². The van der Waals surface area contributed by atoms with Crippen molar-refractivity contribution in [2.45, 2.75) is 26.0 Å². The Kier molecular flexibility index (Phi) is 7.02. The van der Waals surface area contributed by atoms with Crippen LogP contribution in [0, 0.1) is 0 Å². The fraction of sp³-hybridized carbons (Fsp3) is 0.300. The minimum atomic E-state index is -0.276. The summed E-state index contributed by atoms with van der Waals surface area (Å²) in [6.07, 6.45) is 0.251. The van der Waals surface area contributed by atoms with Gasteiger partial charge >= 0.3 is 6.03 Å². The van der Waals surface area contributed by atoms with Crippen molar-refractivity contribution in [1.82, 2.24) is 10.2 Å². The maximum absolute atomic E-state index is 12.4. The zero-order chi connectivity index (χ0) is 18.9. The fourth-order valence-electron chi connectivity index (χ4n) is 2.32. The lowest BCUT2D eigenvalue weighted by Gasteiger charge is -2.24. The molecular formula is C20H25N3O3. The average Bonchev–Trinajstić information content (AvgIpc) is 2.66. The molecule has 6 heteroatoms. The molecule has 1 atom stereocenters. The Morgan fingerprint density at radius 1 is 1.12 bits per heavy atom. The normalized spacial score (nSPS) is 11.3. The second-order valence-electron chi connectivity index (χ2n) is 6.07.